The monoisotopic (exact) mass is 431 g/mol. The number of pyridine rings is 1. The number of rotatable bonds is 6. The Bertz CT molecular complexity index is 1090. The zero-order chi connectivity index (χ0) is 22.1. The van der Waals surface area contributed by atoms with Crippen LogP contribution in [-0.4, -0.2) is 69.6 Å². The lowest BCUT2D eigenvalue weighted by molar-refractivity contribution is -0.0721. The average molecular weight is 431 g/mol. The van der Waals surface area contributed by atoms with E-state index in [0.29, 0.717) is 25.2 Å². The van der Waals surface area contributed by atoms with Crippen molar-refractivity contribution in [1.82, 2.24) is 9.54 Å². The van der Waals surface area contributed by atoms with E-state index < -0.39 is 17.2 Å². The van der Waals surface area contributed by atoms with E-state index in [2.05, 4.69) is 0 Å². The predicted octanol–water partition coefficient (Wildman–Crippen LogP) is 0.866. The molecule has 1 aliphatic heterocycles. The molecule has 9 nitrogen and oxygen atoms in total. The van der Waals surface area contributed by atoms with E-state index in [0.717, 1.165) is 25.1 Å². The third kappa shape index (κ3) is 3.90. The van der Waals surface area contributed by atoms with Crippen molar-refractivity contribution in [1.29, 1.82) is 0 Å². The molecule has 1 aromatic heterocycles. The highest BCUT2D eigenvalue weighted by atomic mass is 19.1. The zero-order valence-corrected chi connectivity index (χ0v) is 17.4. The highest BCUT2D eigenvalue weighted by Crippen LogP contribution is 2.43. The standard InChI is InChI=1S/C20H23BFN3O6/c1-29-19-16-13(18(27)14(20(28)30-2)10-24(16)12-3-4-12)9-15(22)17(19)23-5-6-25(21-11-26)31-8-7-23/h9-12,21H,3-8H2,1-2H3. The molecule has 4 rings (SSSR count). The molecule has 1 saturated heterocycles. The number of anilines is 1. The van der Waals surface area contributed by atoms with Gasteiger partial charge in [-0.1, -0.05) is 0 Å². The van der Waals surface area contributed by atoms with Gasteiger partial charge in [-0.2, -0.15) is 0 Å². The Morgan fingerprint density at radius 1 is 1.29 bits per heavy atom. The Hall–Kier alpha value is -2.92. The topological polar surface area (TPSA) is 90.3 Å². The van der Waals surface area contributed by atoms with Crippen molar-refractivity contribution >= 4 is 36.2 Å². The summed E-state index contributed by atoms with van der Waals surface area (Å²) in [5, 5.41) is 0.0709. The van der Waals surface area contributed by atoms with Crippen LogP contribution in [0.5, 0.6) is 5.75 Å². The number of hydrogen-bond acceptors (Lipinski definition) is 8. The largest absolute Gasteiger partial charge is 0.492 e. The summed E-state index contributed by atoms with van der Waals surface area (Å²) >= 11 is 0. The second-order valence-corrected chi connectivity index (χ2v) is 7.51. The molecule has 2 aromatic rings. The van der Waals surface area contributed by atoms with Crippen LogP contribution < -0.4 is 15.1 Å². The number of fused-ring (bicyclic) bond motifs is 1. The molecule has 0 bridgehead atoms. The van der Waals surface area contributed by atoms with Crippen LogP contribution in [0.3, 0.4) is 0 Å². The summed E-state index contributed by atoms with van der Waals surface area (Å²) in [5.41, 5.74) is -0.0530. The number of ether oxygens (including phenoxy) is 2. The quantitative estimate of drug-likeness (QED) is 0.378. The third-order valence-electron chi connectivity index (χ3n) is 5.60. The van der Waals surface area contributed by atoms with Gasteiger partial charge >= 0.3 is 13.4 Å². The lowest BCUT2D eigenvalue weighted by Gasteiger charge is -2.26. The fourth-order valence-electron chi connectivity index (χ4n) is 3.97. The minimum Gasteiger partial charge on any atom is -0.492 e. The van der Waals surface area contributed by atoms with Gasteiger partial charge in [0.05, 0.1) is 37.9 Å². The summed E-state index contributed by atoms with van der Waals surface area (Å²) in [6.45, 7) is 1.45. The van der Waals surface area contributed by atoms with Crippen LogP contribution in [0.1, 0.15) is 29.2 Å². The summed E-state index contributed by atoms with van der Waals surface area (Å²) in [6, 6.07) is 1.25. The van der Waals surface area contributed by atoms with Crippen LogP contribution in [0, 0.1) is 5.82 Å². The van der Waals surface area contributed by atoms with E-state index in [1.54, 1.807) is 4.90 Å². The average Bonchev–Trinajstić information content (AvgIpc) is 3.61. The normalized spacial score (nSPS) is 17.3. The van der Waals surface area contributed by atoms with Gasteiger partial charge < -0.3 is 28.6 Å². The fraction of sp³-hybridized carbons (Fsp3) is 0.450. The van der Waals surface area contributed by atoms with Gasteiger partial charge in [-0.25, -0.2) is 14.2 Å². The number of nitrogens with zero attached hydrogens (tertiary/aromatic N) is 3. The van der Waals surface area contributed by atoms with Gasteiger partial charge in [0.2, 0.25) is 5.43 Å². The molecule has 0 unspecified atom stereocenters. The minimum atomic E-state index is -0.760. The second-order valence-electron chi connectivity index (χ2n) is 7.51. The number of hydrogen-bond donors (Lipinski definition) is 0. The molecule has 0 amide bonds. The molecule has 2 fully saturated rings. The molecule has 2 heterocycles. The van der Waals surface area contributed by atoms with Gasteiger partial charge in [0.25, 0.3) is 0 Å². The van der Waals surface area contributed by atoms with Gasteiger partial charge in [-0.3, -0.25) is 4.79 Å². The molecule has 1 saturated carbocycles. The molecule has 0 atom stereocenters. The maximum Gasteiger partial charge on any atom is 0.343 e. The Kier molecular flexibility index (Phi) is 5.97. The van der Waals surface area contributed by atoms with Crippen LogP contribution in [0.15, 0.2) is 17.1 Å². The van der Waals surface area contributed by atoms with Crippen LogP contribution in [0.25, 0.3) is 10.9 Å². The zero-order valence-electron chi connectivity index (χ0n) is 17.4. The molecule has 0 radical (unpaired) electrons. The van der Waals surface area contributed by atoms with Crippen molar-refractivity contribution in [3.63, 3.8) is 0 Å². The van der Waals surface area contributed by atoms with Crippen molar-refractivity contribution in [3.05, 3.63) is 33.9 Å². The van der Waals surface area contributed by atoms with E-state index in [-0.39, 0.29) is 42.4 Å². The molecule has 11 heteroatoms. The highest BCUT2D eigenvalue weighted by molar-refractivity contribution is 6.63. The molecule has 0 spiro atoms. The number of aromatic nitrogens is 1. The predicted molar refractivity (Wildman–Crippen MR) is 113 cm³/mol. The SMILES string of the molecule is COC(=O)c1cn(C2CC2)c2c(OC)c(N3CCON(BC=O)CC3)c(F)cc2c1=O. The van der Waals surface area contributed by atoms with Crippen molar-refractivity contribution in [2.75, 3.05) is 45.4 Å². The Morgan fingerprint density at radius 3 is 2.71 bits per heavy atom. The van der Waals surface area contributed by atoms with Crippen LogP contribution in [-0.2, 0) is 14.4 Å². The number of methoxy groups -OCH3 is 2. The van der Waals surface area contributed by atoms with Gasteiger partial charge in [0, 0.05) is 31.9 Å². The molecule has 31 heavy (non-hydrogen) atoms. The molecule has 0 N–H and O–H groups in total. The van der Waals surface area contributed by atoms with Crippen LogP contribution >= 0.6 is 0 Å². The van der Waals surface area contributed by atoms with Gasteiger partial charge in [0.1, 0.15) is 11.3 Å². The first-order valence-corrected chi connectivity index (χ1v) is 10.1. The lowest BCUT2D eigenvalue weighted by Crippen LogP contribution is -2.33. The number of carbonyl (C=O) groups excluding carboxylic acids is 2. The summed E-state index contributed by atoms with van der Waals surface area (Å²) in [5.74, 6) is -1.15. The molecule has 2 aliphatic rings. The number of benzene rings is 1. The third-order valence-corrected chi connectivity index (χ3v) is 5.60. The molecule has 1 aliphatic carbocycles. The number of halogens is 1. The van der Waals surface area contributed by atoms with Crippen molar-refractivity contribution in [3.8, 4) is 5.75 Å². The van der Waals surface area contributed by atoms with Crippen molar-refractivity contribution < 1.29 is 28.3 Å². The maximum absolute atomic E-state index is 15.4. The number of hydroxylamine groups is 1. The van der Waals surface area contributed by atoms with E-state index in [9.17, 15) is 14.4 Å². The van der Waals surface area contributed by atoms with Crippen LogP contribution in [0.4, 0.5) is 10.1 Å². The van der Waals surface area contributed by atoms with Gasteiger partial charge in [-0.05, 0) is 18.9 Å². The van der Waals surface area contributed by atoms with E-state index in [1.807, 2.05) is 4.57 Å². The van der Waals surface area contributed by atoms with E-state index in [1.165, 1.54) is 25.4 Å². The van der Waals surface area contributed by atoms with Gasteiger partial charge in [-0.15, -0.1) is 0 Å². The Balaban J connectivity index is 1.89. The second kappa shape index (κ2) is 8.68. The molecule has 1 aromatic carbocycles. The molecular formula is C20H23BFN3O6. The smallest absolute Gasteiger partial charge is 0.343 e. The van der Waals surface area contributed by atoms with E-state index >= 15 is 4.39 Å². The summed E-state index contributed by atoms with van der Waals surface area (Å²) < 4.78 is 27.6. The van der Waals surface area contributed by atoms with E-state index in [4.69, 9.17) is 14.3 Å². The highest BCUT2D eigenvalue weighted by Gasteiger charge is 2.32. The minimum absolute atomic E-state index is 0.0709. The molecule has 164 valence electrons. The molecular weight excluding hydrogens is 408 g/mol. The van der Waals surface area contributed by atoms with Gasteiger partial charge in [0.15, 0.2) is 11.6 Å². The van der Waals surface area contributed by atoms with Crippen molar-refractivity contribution in [2.24, 2.45) is 0 Å². The Labute approximate surface area is 178 Å². The summed E-state index contributed by atoms with van der Waals surface area (Å²) in [4.78, 5) is 44.8. The van der Waals surface area contributed by atoms with Crippen molar-refractivity contribution in [2.45, 2.75) is 18.9 Å². The first kappa shape index (κ1) is 21.3. The van der Waals surface area contributed by atoms with Crippen LogP contribution in [0.2, 0.25) is 0 Å². The number of carbonyl (C=O) groups is 2. The summed E-state index contributed by atoms with van der Waals surface area (Å²) in [7, 11) is 2.76. The first-order chi connectivity index (χ1) is 15.0. The number of esters is 1. The maximum atomic E-state index is 15.4. The Morgan fingerprint density at radius 2 is 2.06 bits per heavy atom. The fourth-order valence-corrected chi connectivity index (χ4v) is 3.97. The first-order valence-electron chi connectivity index (χ1n) is 10.1. The summed E-state index contributed by atoms with van der Waals surface area (Å²) in [6.07, 6.45) is 4.00. The lowest BCUT2D eigenvalue weighted by atomic mass is 9.98.